The second-order valence-corrected chi connectivity index (χ2v) is 6.44. The molecular weight excluding hydrogens is 334 g/mol. The zero-order valence-corrected chi connectivity index (χ0v) is 14.2. The Kier molecular flexibility index (Phi) is 2.82. The molecule has 0 unspecified atom stereocenters. The van der Waals surface area contributed by atoms with Gasteiger partial charge in [-0.2, -0.15) is 0 Å². The molecule has 0 aliphatic carbocycles. The maximum Gasteiger partial charge on any atom is 0.149 e. The van der Waals surface area contributed by atoms with Crippen LogP contribution < -0.4 is 0 Å². The average Bonchev–Trinajstić information content (AvgIpc) is 3.13. The molecule has 0 amide bonds. The lowest BCUT2D eigenvalue weighted by Gasteiger charge is -2.10. The van der Waals surface area contributed by atoms with Crippen LogP contribution in [-0.4, -0.2) is 24.3 Å². The molecule has 6 aromatic rings. The predicted molar refractivity (Wildman–Crippen MR) is 107 cm³/mol. The van der Waals surface area contributed by atoms with Gasteiger partial charge in [0.05, 0.1) is 27.6 Å². The number of imidazole rings is 1. The summed E-state index contributed by atoms with van der Waals surface area (Å²) >= 11 is 0. The summed E-state index contributed by atoms with van der Waals surface area (Å²) in [5.74, 6) is 0.823. The minimum absolute atomic E-state index is 0.823. The molecule has 0 aliphatic heterocycles. The third-order valence-electron chi connectivity index (χ3n) is 4.88. The molecular formula is C22H13N5. The fourth-order valence-electron chi connectivity index (χ4n) is 3.70. The third kappa shape index (κ3) is 1.99. The van der Waals surface area contributed by atoms with Gasteiger partial charge in [0.25, 0.3) is 0 Å². The smallest absolute Gasteiger partial charge is 0.149 e. The fourth-order valence-corrected chi connectivity index (χ4v) is 3.70. The molecule has 0 spiro atoms. The van der Waals surface area contributed by atoms with Gasteiger partial charge in [0.1, 0.15) is 11.5 Å². The monoisotopic (exact) mass is 347 g/mol. The molecule has 3 heterocycles. The highest BCUT2D eigenvalue weighted by Gasteiger charge is 2.17. The lowest BCUT2D eigenvalue weighted by molar-refractivity contribution is 1.16. The summed E-state index contributed by atoms with van der Waals surface area (Å²) in [4.78, 5) is 18.9. The van der Waals surface area contributed by atoms with Gasteiger partial charge in [-0.25, -0.2) is 9.97 Å². The van der Waals surface area contributed by atoms with Gasteiger partial charge >= 0.3 is 0 Å². The molecule has 126 valence electrons. The Morgan fingerprint density at radius 1 is 0.630 bits per heavy atom. The summed E-state index contributed by atoms with van der Waals surface area (Å²) in [6, 6.07) is 22.3. The Bertz CT molecular complexity index is 1480. The number of hydrogen-bond acceptors (Lipinski definition) is 4. The van der Waals surface area contributed by atoms with E-state index in [4.69, 9.17) is 9.97 Å². The van der Waals surface area contributed by atoms with Crippen molar-refractivity contribution < 1.29 is 0 Å². The maximum atomic E-state index is 5.00. The van der Waals surface area contributed by atoms with Crippen LogP contribution in [0.5, 0.6) is 0 Å². The van der Waals surface area contributed by atoms with Crippen LogP contribution in [0.25, 0.3) is 50.0 Å². The molecule has 0 N–H and O–H groups in total. The fraction of sp³-hybridized carbons (Fsp3) is 0. The van der Waals surface area contributed by atoms with E-state index >= 15 is 0 Å². The molecule has 0 aliphatic rings. The molecule has 5 heteroatoms. The van der Waals surface area contributed by atoms with Crippen LogP contribution >= 0.6 is 0 Å². The molecule has 0 bridgehead atoms. The van der Waals surface area contributed by atoms with Gasteiger partial charge in [0.15, 0.2) is 0 Å². The van der Waals surface area contributed by atoms with Gasteiger partial charge in [0.2, 0.25) is 0 Å². The van der Waals surface area contributed by atoms with Gasteiger partial charge in [-0.15, -0.1) is 0 Å². The lowest BCUT2D eigenvalue weighted by Crippen LogP contribution is -1.99. The number of aromatic nitrogens is 5. The first-order chi connectivity index (χ1) is 13.4. The zero-order chi connectivity index (χ0) is 17.8. The van der Waals surface area contributed by atoms with E-state index in [9.17, 15) is 0 Å². The van der Waals surface area contributed by atoms with Crippen LogP contribution in [0.1, 0.15) is 0 Å². The van der Waals surface area contributed by atoms with Crippen molar-refractivity contribution in [2.75, 3.05) is 0 Å². The minimum atomic E-state index is 0.823. The first-order valence-corrected chi connectivity index (χ1v) is 8.76. The first kappa shape index (κ1) is 14.3. The van der Waals surface area contributed by atoms with E-state index in [0.717, 1.165) is 50.0 Å². The highest BCUT2D eigenvalue weighted by atomic mass is 15.1. The highest BCUT2D eigenvalue weighted by molar-refractivity contribution is 6.00. The normalized spacial score (nSPS) is 11.7. The summed E-state index contributed by atoms with van der Waals surface area (Å²) in [5.41, 5.74) is 6.42. The van der Waals surface area contributed by atoms with Gasteiger partial charge < -0.3 is 0 Å². The summed E-state index contributed by atoms with van der Waals surface area (Å²) in [7, 11) is 0. The Balaban J connectivity index is 1.88. The molecule has 5 nitrogen and oxygen atoms in total. The van der Waals surface area contributed by atoms with E-state index in [1.165, 1.54) is 0 Å². The molecule has 3 aromatic heterocycles. The Morgan fingerprint density at radius 3 is 2.37 bits per heavy atom. The summed E-state index contributed by atoms with van der Waals surface area (Å²) in [6.07, 6.45) is 3.43. The molecule has 0 saturated carbocycles. The first-order valence-electron chi connectivity index (χ1n) is 8.76. The van der Waals surface area contributed by atoms with Crippen LogP contribution in [0, 0.1) is 0 Å². The zero-order valence-electron chi connectivity index (χ0n) is 14.2. The predicted octanol–water partition coefficient (Wildman–Crippen LogP) is 4.65. The van der Waals surface area contributed by atoms with Gasteiger partial charge in [-0.1, -0.05) is 30.3 Å². The Hall–Kier alpha value is -3.86. The van der Waals surface area contributed by atoms with Crippen molar-refractivity contribution in [3.63, 3.8) is 0 Å². The van der Waals surface area contributed by atoms with Crippen LogP contribution in [0.15, 0.2) is 79.1 Å². The molecule has 0 saturated heterocycles. The topological polar surface area (TPSA) is 56.0 Å². The van der Waals surface area contributed by atoms with Crippen molar-refractivity contribution in [2.45, 2.75) is 0 Å². The molecule has 6 rings (SSSR count). The van der Waals surface area contributed by atoms with Gasteiger partial charge in [0, 0.05) is 23.3 Å². The van der Waals surface area contributed by atoms with E-state index in [-0.39, 0.29) is 0 Å². The van der Waals surface area contributed by atoms with Crippen molar-refractivity contribution in [3.8, 4) is 11.4 Å². The molecule has 0 fully saturated rings. The maximum absolute atomic E-state index is 5.00. The number of nitrogens with zero attached hydrogens (tertiary/aromatic N) is 5. The summed E-state index contributed by atoms with van der Waals surface area (Å²) in [5, 5.41) is 1.03. The summed E-state index contributed by atoms with van der Waals surface area (Å²) in [6.45, 7) is 0. The number of fused-ring (bicyclic) bond motifs is 6. The van der Waals surface area contributed by atoms with E-state index < -0.39 is 0 Å². The number of para-hydroxylation sites is 4. The Labute approximate surface area is 154 Å². The average molecular weight is 347 g/mol. The van der Waals surface area contributed by atoms with Crippen molar-refractivity contribution in [2.24, 2.45) is 0 Å². The summed E-state index contributed by atoms with van der Waals surface area (Å²) < 4.78 is 2.13. The molecule has 0 atom stereocenters. The standard InChI is InChI=1S/C22H13N5/c1-2-8-16-14(6-1)21-26-17-9-3-4-11-19(17)27(21)22(25-16)15-7-5-10-18-20(15)24-13-12-23-18/h1-13H. The molecule has 0 radical (unpaired) electrons. The second-order valence-electron chi connectivity index (χ2n) is 6.44. The van der Waals surface area contributed by atoms with E-state index in [1.54, 1.807) is 12.4 Å². The molecule has 3 aromatic carbocycles. The van der Waals surface area contributed by atoms with E-state index in [0.29, 0.717) is 0 Å². The second kappa shape index (κ2) is 5.32. The van der Waals surface area contributed by atoms with E-state index in [2.05, 4.69) is 26.5 Å². The Morgan fingerprint density at radius 2 is 1.41 bits per heavy atom. The van der Waals surface area contributed by atoms with Crippen molar-refractivity contribution in [1.29, 1.82) is 0 Å². The number of benzene rings is 3. The largest absolute Gasteiger partial charge is 0.276 e. The van der Waals surface area contributed by atoms with Crippen LogP contribution in [0.3, 0.4) is 0 Å². The molecule has 27 heavy (non-hydrogen) atoms. The third-order valence-corrected chi connectivity index (χ3v) is 4.88. The van der Waals surface area contributed by atoms with Crippen LogP contribution in [0.4, 0.5) is 0 Å². The van der Waals surface area contributed by atoms with Crippen molar-refractivity contribution in [1.82, 2.24) is 24.3 Å². The van der Waals surface area contributed by atoms with E-state index in [1.807, 2.05) is 54.6 Å². The van der Waals surface area contributed by atoms with Crippen molar-refractivity contribution in [3.05, 3.63) is 79.1 Å². The quantitative estimate of drug-likeness (QED) is 0.434. The van der Waals surface area contributed by atoms with Gasteiger partial charge in [-0.05, 0) is 36.4 Å². The lowest BCUT2D eigenvalue weighted by atomic mass is 10.1. The van der Waals surface area contributed by atoms with Crippen LogP contribution in [-0.2, 0) is 0 Å². The number of hydrogen-bond donors (Lipinski definition) is 0. The van der Waals surface area contributed by atoms with Crippen LogP contribution in [0.2, 0.25) is 0 Å². The minimum Gasteiger partial charge on any atom is -0.276 e. The van der Waals surface area contributed by atoms with Gasteiger partial charge in [-0.3, -0.25) is 14.4 Å². The van der Waals surface area contributed by atoms with Crippen molar-refractivity contribution >= 4 is 38.6 Å². The highest BCUT2D eigenvalue weighted by Crippen LogP contribution is 2.31. The SMILES string of the molecule is c1cc(-c2nc3ccccc3c3nc4ccccc4n23)c2nccnc2c1. The number of rotatable bonds is 1.